The molecule has 0 radical (unpaired) electrons. The third-order valence-corrected chi connectivity index (χ3v) is 7.17. The Morgan fingerprint density at radius 2 is 1.87 bits per heavy atom. The average Bonchev–Trinajstić information content (AvgIpc) is 3.34. The Morgan fingerprint density at radius 1 is 1.13 bits per heavy atom. The summed E-state index contributed by atoms with van der Waals surface area (Å²) in [6.07, 6.45) is 1.16. The van der Waals surface area contributed by atoms with E-state index in [0.717, 1.165) is 5.56 Å². The molecule has 2 aromatic carbocycles. The maximum atomic E-state index is 12.8. The van der Waals surface area contributed by atoms with Gasteiger partial charge in [-0.25, -0.2) is 0 Å². The van der Waals surface area contributed by atoms with Crippen LogP contribution in [0.25, 0.3) is 0 Å². The van der Waals surface area contributed by atoms with Gasteiger partial charge in [-0.2, -0.15) is 0 Å². The number of aryl methyl sites for hydroxylation is 1. The van der Waals surface area contributed by atoms with Crippen LogP contribution in [0.4, 0.5) is 0 Å². The highest BCUT2D eigenvalue weighted by Crippen LogP contribution is 2.28. The van der Waals surface area contributed by atoms with Crippen LogP contribution >= 0.6 is 23.2 Å². The predicted octanol–water partition coefficient (Wildman–Crippen LogP) is 3.08. The highest BCUT2D eigenvalue weighted by atomic mass is 35.5. The molecule has 2 atom stereocenters. The minimum Gasteiger partial charge on any atom is -0.593 e. The zero-order valence-electron chi connectivity index (χ0n) is 16.3. The van der Waals surface area contributed by atoms with Gasteiger partial charge < -0.3 is 14.4 Å². The summed E-state index contributed by atoms with van der Waals surface area (Å²) in [6.45, 7) is 0.250. The van der Waals surface area contributed by atoms with Crippen LogP contribution < -0.4 is 10.0 Å². The highest BCUT2D eigenvalue weighted by molar-refractivity contribution is 7.95. The number of aromatic nitrogens is 3. The molecule has 0 aliphatic carbocycles. The number of amides is 1. The number of carbonyl (C=O) groups is 1. The Morgan fingerprint density at radius 3 is 2.61 bits per heavy atom. The highest BCUT2D eigenvalue weighted by Gasteiger charge is 2.33. The van der Waals surface area contributed by atoms with E-state index in [-0.39, 0.29) is 22.4 Å². The second-order valence-corrected chi connectivity index (χ2v) is 9.64. The minimum absolute atomic E-state index is 0.0184. The SMILES string of the molecule is O=C(NCc1ccc(Cl)cc1)C1CCc2nnc(CN[S+](=O)([O-])c3ccccc3Cl)n21. The molecular formula is C20H19Cl2N5O3S. The first-order valence-corrected chi connectivity index (χ1v) is 11.8. The number of benzene rings is 2. The topological polar surface area (TPSA) is 112 Å². The molecule has 11 heteroatoms. The van der Waals surface area contributed by atoms with Crippen molar-refractivity contribution < 1.29 is 13.6 Å². The zero-order chi connectivity index (χ0) is 22.0. The quantitative estimate of drug-likeness (QED) is 0.505. The Bertz CT molecular complexity index is 1150. The maximum Gasteiger partial charge on any atom is 0.243 e. The van der Waals surface area contributed by atoms with Crippen molar-refractivity contribution >= 4 is 39.5 Å². The number of hydrogen-bond donors (Lipinski definition) is 2. The van der Waals surface area contributed by atoms with Gasteiger partial charge in [-0.3, -0.25) is 4.79 Å². The van der Waals surface area contributed by atoms with Gasteiger partial charge in [0.25, 0.3) is 0 Å². The van der Waals surface area contributed by atoms with E-state index in [4.69, 9.17) is 23.2 Å². The third-order valence-electron chi connectivity index (χ3n) is 5.02. The number of sulfonamides is 1. The van der Waals surface area contributed by atoms with E-state index in [1.807, 2.05) is 12.1 Å². The van der Waals surface area contributed by atoms with Gasteiger partial charge in [0.1, 0.15) is 18.4 Å². The molecular weight excluding hydrogens is 461 g/mol. The van der Waals surface area contributed by atoms with Gasteiger partial charge in [-0.15, -0.1) is 14.9 Å². The number of nitrogens with zero attached hydrogens (tertiary/aromatic N) is 3. The standard InChI is InChI=1S/C20H19Cl2N5O3S/c21-14-7-5-13(6-8-14)11-23-20(28)16-9-10-18-25-26-19(27(16)18)12-24-31(29,30)17-4-2-1-3-15(17)22/h1-8,16H,9-12H2,(H2-,23,24,28,29,30). The lowest BCUT2D eigenvalue weighted by Crippen LogP contribution is -2.34. The molecule has 2 N–H and O–H groups in total. The number of nitrogens with one attached hydrogen (secondary N) is 2. The van der Waals surface area contributed by atoms with Crippen LogP contribution in [0.5, 0.6) is 0 Å². The maximum absolute atomic E-state index is 12.8. The van der Waals surface area contributed by atoms with Crippen molar-refractivity contribution in [1.29, 1.82) is 0 Å². The summed E-state index contributed by atoms with van der Waals surface area (Å²) < 4.78 is 29.4. The monoisotopic (exact) mass is 479 g/mol. The first-order chi connectivity index (χ1) is 14.8. The molecule has 1 amide bonds. The summed E-state index contributed by atoms with van der Waals surface area (Å²) in [5, 5.41) is 11.8. The van der Waals surface area contributed by atoms with Gasteiger partial charge in [-0.05, 0) is 36.2 Å². The number of fused-ring (bicyclic) bond motifs is 1. The van der Waals surface area contributed by atoms with Crippen LogP contribution in [-0.4, -0.2) is 25.2 Å². The van der Waals surface area contributed by atoms with E-state index in [2.05, 4.69) is 20.2 Å². The van der Waals surface area contributed by atoms with Crippen LogP contribution in [0.2, 0.25) is 10.0 Å². The van der Waals surface area contributed by atoms with Crippen molar-refractivity contribution in [3.05, 3.63) is 75.8 Å². The molecule has 4 rings (SSSR count). The van der Waals surface area contributed by atoms with Crippen molar-refractivity contribution in [2.24, 2.45) is 0 Å². The van der Waals surface area contributed by atoms with E-state index in [1.165, 1.54) is 12.1 Å². The molecule has 162 valence electrons. The van der Waals surface area contributed by atoms with Crippen molar-refractivity contribution in [3.8, 4) is 0 Å². The van der Waals surface area contributed by atoms with Crippen LogP contribution in [0, 0.1) is 0 Å². The third kappa shape index (κ3) is 4.81. The summed E-state index contributed by atoms with van der Waals surface area (Å²) >= 11 is 11.9. The van der Waals surface area contributed by atoms with Gasteiger partial charge in [0, 0.05) is 18.0 Å². The first kappa shape index (κ1) is 21.9. The molecule has 2 heterocycles. The molecule has 31 heavy (non-hydrogen) atoms. The van der Waals surface area contributed by atoms with Crippen molar-refractivity contribution in [3.63, 3.8) is 0 Å². The van der Waals surface area contributed by atoms with Gasteiger partial charge >= 0.3 is 0 Å². The Balaban J connectivity index is 1.44. The molecule has 8 nitrogen and oxygen atoms in total. The summed E-state index contributed by atoms with van der Waals surface area (Å²) in [6, 6.07) is 12.9. The number of carbonyl (C=O) groups excluding carboxylic acids is 1. The second-order valence-electron chi connectivity index (χ2n) is 7.06. The smallest absolute Gasteiger partial charge is 0.243 e. The molecule has 0 bridgehead atoms. The molecule has 1 aromatic heterocycles. The number of hydrogen-bond acceptors (Lipinski definition) is 5. The van der Waals surface area contributed by atoms with Crippen LogP contribution in [0.15, 0.2) is 53.4 Å². The zero-order valence-corrected chi connectivity index (χ0v) is 18.6. The van der Waals surface area contributed by atoms with Gasteiger partial charge in [0.15, 0.2) is 21.1 Å². The fourth-order valence-electron chi connectivity index (χ4n) is 3.46. The molecule has 3 aromatic rings. The molecule has 0 spiro atoms. The fraction of sp³-hybridized carbons (Fsp3) is 0.250. The first-order valence-electron chi connectivity index (χ1n) is 9.54. The predicted molar refractivity (Wildman–Crippen MR) is 116 cm³/mol. The fourth-order valence-corrected chi connectivity index (χ4v) is 5.09. The largest absolute Gasteiger partial charge is 0.593 e. The number of halogens is 2. The van der Waals surface area contributed by atoms with Crippen molar-refractivity contribution in [2.75, 3.05) is 0 Å². The lowest BCUT2D eigenvalue weighted by Gasteiger charge is -2.18. The Kier molecular flexibility index (Phi) is 6.40. The van der Waals surface area contributed by atoms with Gasteiger partial charge in [-0.1, -0.05) is 51.7 Å². The van der Waals surface area contributed by atoms with Crippen molar-refractivity contribution in [1.82, 2.24) is 24.8 Å². The molecule has 0 saturated heterocycles. The molecule has 1 aliphatic rings. The molecule has 1 aliphatic heterocycles. The van der Waals surface area contributed by atoms with E-state index < -0.39 is 16.4 Å². The molecule has 0 saturated carbocycles. The van der Waals surface area contributed by atoms with Crippen LogP contribution in [0.1, 0.15) is 29.7 Å². The summed E-state index contributed by atoms with van der Waals surface area (Å²) in [4.78, 5) is 12.8. The average molecular weight is 480 g/mol. The van der Waals surface area contributed by atoms with Gasteiger partial charge in [0.2, 0.25) is 5.91 Å². The Hall–Kier alpha value is -2.30. The van der Waals surface area contributed by atoms with Crippen LogP contribution in [0.3, 0.4) is 0 Å². The summed E-state index contributed by atoms with van der Waals surface area (Å²) in [5.41, 5.74) is 0.924. The number of rotatable bonds is 7. The van der Waals surface area contributed by atoms with E-state index in [9.17, 15) is 13.6 Å². The van der Waals surface area contributed by atoms with Crippen LogP contribution in [-0.2, 0) is 38.9 Å². The van der Waals surface area contributed by atoms with Gasteiger partial charge in [0.05, 0.1) is 5.02 Å². The van der Waals surface area contributed by atoms with Crippen molar-refractivity contribution in [2.45, 2.75) is 36.9 Å². The van der Waals surface area contributed by atoms with E-state index in [0.29, 0.717) is 36.1 Å². The lowest BCUT2D eigenvalue weighted by molar-refractivity contribution is -0.124. The second kappa shape index (κ2) is 9.05. The Labute approximate surface area is 190 Å². The minimum atomic E-state index is -3.85. The summed E-state index contributed by atoms with van der Waals surface area (Å²) in [7, 11) is -3.85. The lowest BCUT2D eigenvalue weighted by atomic mass is 10.2. The van der Waals surface area contributed by atoms with E-state index >= 15 is 0 Å². The molecule has 2 unspecified atom stereocenters. The summed E-state index contributed by atoms with van der Waals surface area (Å²) in [5.74, 6) is 0.845. The van der Waals surface area contributed by atoms with E-state index in [1.54, 1.807) is 28.8 Å². The molecule has 0 fully saturated rings. The normalized spacial score (nSPS) is 17.2.